The Balaban J connectivity index is 1.30. The lowest BCUT2D eigenvalue weighted by Gasteiger charge is -2.26. The van der Waals surface area contributed by atoms with E-state index in [0.717, 1.165) is 31.9 Å². The highest BCUT2D eigenvalue weighted by Crippen LogP contribution is 2.20. The van der Waals surface area contributed by atoms with Crippen LogP contribution in [0.15, 0.2) is 48.7 Å². The van der Waals surface area contributed by atoms with E-state index in [1.54, 1.807) is 17.2 Å². The molecule has 160 valence electrons. The molecule has 0 aliphatic carbocycles. The lowest BCUT2D eigenvalue weighted by molar-refractivity contribution is 0.0770. The first-order valence-electron chi connectivity index (χ1n) is 10.5. The average Bonchev–Trinajstić information content (AvgIpc) is 3.20. The summed E-state index contributed by atoms with van der Waals surface area (Å²) in [6, 6.07) is 14.6. The van der Waals surface area contributed by atoms with Gasteiger partial charge < -0.3 is 10.2 Å². The molecule has 0 radical (unpaired) electrons. The molecule has 1 aromatic carbocycles. The van der Waals surface area contributed by atoms with Gasteiger partial charge in [-0.3, -0.25) is 9.69 Å². The Kier molecular flexibility index (Phi) is 6.34. The predicted molar refractivity (Wildman–Crippen MR) is 117 cm³/mol. The molecule has 2 saturated heterocycles. The number of pyridine rings is 1. The summed E-state index contributed by atoms with van der Waals surface area (Å²) < 4.78 is 23.1. The van der Waals surface area contributed by atoms with Gasteiger partial charge in [0.1, 0.15) is 5.82 Å². The second-order valence-corrected chi connectivity index (χ2v) is 10.3. The number of nitrogens with zero attached hydrogens (tertiary/aromatic N) is 3. The van der Waals surface area contributed by atoms with Crippen molar-refractivity contribution in [3.8, 4) is 0 Å². The number of carbonyl (C=O) groups is 1. The fraction of sp³-hybridized carbons (Fsp3) is 0.455. The molecule has 1 amide bonds. The van der Waals surface area contributed by atoms with Gasteiger partial charge in [0.25, 0.3) is 5.91 Å². The van der Waals surface area contributed by atoms with Gasteiger partial charge in [-0.15, -0.1) is 0 Å². The van der Waals surface area contributed by atoms with Gasteiger partial charge in [0, 0.05) is 38.4 Å². The van der Waals surface area contributed by atoms with Crippen LogP contribution in [0, 0.1) is 0 Å². The number of nitrogens with one attached hydrogen (secondary N) is 1. The van der Waals surface area contributed by atoms with Gasteiger partial charge in [-0.05, 0) is 37.1 Å². The van der Waals surface area contributed by atoms with E-state index in [1.165, 1.54) is 12.0 Å². The van der Waals surface area contributed by atoms with Crippen molar-refractivity contribution in [3.05, 3.63) is 59.8 Å². The minimum atomic E-state index is -3.00. The van der Waals surface area contributed by atoms with Gasteiger partial charge in [-0.25, -0.2) is 13.4 Å². The molecular formula is C22H28N4O3S. The number of anilines is 1. The Morgan fingerprint density at radius 2 is 1.83 bits per heavy atom. The molecule has 0 bridgehead atoms. The number of amides is 1. The zero-order valence-electron chi connectivity index (χ0n) is 17.0. The Morgan fingerprint density at radius 1 is 1.07 bits per heavy atom. The van der Waals surface area contributed by atoms with E-state index in [2.05, 4.69) is 39.5 Å². The second-order valence-electron chi connectivity index (χ2n) is 8.01. The standard InChI is InChI=1S/C22H28N4O3S/c27-22(25-11-13-30(28,29)14-12-25)19-8-9-21(23-15-19)24-16-20-7-4-10-26(20)17-18-5-2-1-3-6-18/h1-3,5-6,8-9,15,20H,4,7,10-14,16-17H2,(H,23,24). The zero-order valence-corrected chi connectivity index (χ0v) is 17.9. The van der Waals surface area contributed by atoms with E-state index < -0.39 is 9.84 Å². The highest BCUT2D eigenvalue weighted by atomic mass is 32.2. The number of likely N-dealkylation sites (tertiary alicyclic amines) is 1. The molecule has 2 aliphatic rings. The van der Waals surface area contributed by atoms with Gasteiger partial charge in [0.2, 0.25) is 0 Å². The quantitative estimate of drug-likeness (QED) is 0.758. The first-order valence-corrected chi connectivity index (χ1v) is 12.3. The summed E-state index contributed by atoms with van der Waals surface area (Å²) >= 11 is 0. The van der Waals surface area contributed by atoms with Crippen molar-refractivity contribution in [2.24, 2.45) is 0 Å². The summed E-state index contributed by atoms with van der Waals surface area (Å²) in [5.74, 6) is 0.660. The topological polar surface area (TPSA) is 82.6 Å². The molecule has 1 atom stereocenters. The van der Waals surface area contributed by atoms with Crippen molar-refractivity contribution < 1.29 is 13.2 Å². The fourth-order valence-corrected chi connectivity index (χ4v) is 5.30. The molecule has 2 aromatic rings. The third-order valence-electron chi connectivity index (χ3n) is 5.89. The summed E-state index contributed by atoms with van der Waals surface area (Å²) in [6.07, 6.45) is 3.93. The summed E-state index contributed by atoms with van der Waals surface area (Å²) in [4.78, 5) is 21.1. The number of rotatable bonds is 6. The number of benzene rings is 1. The van der Waals surface area contributed by atoms with Gasteiger partial charge in [-0.2, -0.15) is 0 Å². The lowest BCUT2D eigenvalue weighted by atomic mass is 10.2. The van der Waals surface area contributed by atoms with Gasteiger partial charge in [-0.1, -0.05) is 30.3 Å². The Labute approximate surface area is 178 Å². The van der Waals surface area contributed by atoms with Crippen LogP contribution in [-0.2, 0) is 16.4 Å². The van der Waals surface area contributed by atoms with E-state index >= 15 is 0 Å². The maximum Gasteiger partial charge on any atom is 0.255 e. The van der Waals surface area contributed by atoms with Crippen LogP contribution in [0.1, 0.15) is 28.8 Å². The molecule has 1 N–H and O–H groups in total. The normalized spacial score (nSPS) is 21.5. The average molecular weight is 429 g/mol. The van der Waals surface area contributed by atoms with Crippen LogP contribution < -0.4 is 5.32 Å². The van der Waals surface area contributed by atoms with Crippen LogP contribution in [0.5, 0.6) is 0 Å². The zero-order chi connectivity index (χ0) is 21.0. The number of sulfone groups is 1. The first kappa shape index (κ1) is 20.8. The van der Waals surface area contributed by atoms with Gasteiger partial charge >= 0.3 is 0 Å². The molecule has 8 heteroatoms. The molecule has 30 heavy (non-hydrogen) atoms. The van der Waals surface area contributed by atoms with Crippen molar-refractivity contribution in [2.45, 2.75) is 25.4 Å². The van der Waals surface area contributed by atoms with Crippen LogP contribution in [0.3, 0.4) is 0 Å². The van der Waals surface area contributed by atoms with Crippen molar-refractivity contribution in [2.75, 3.05) is 43.0 Å². The van der Waals surface area contributed by atoms with Crippen molar-refractivity contribution >= 4 is 21.6 Å². The highest BCUT2D eigenvalue weighted by molar-refractivity contribution is 7.91. The molecule has 2 fully saturated rings. The van der Waals surface area contributed by atoms with Crippen molar-refractivity contribution in [1.29, 1.82) is 0 Å². The number of hydrogen-bond acceptors (Lipinski definition) is 6. The van der Waals surface area contributed by atoms with Crippen molar-refractivity contribution in [1.82, 2.24) is 14.8 Å². The molecule has 7 nitrogen and oxygen atoms in total. The molecule has 3 heterocycles. The smallest absolute Gasteiger partial charge is 0.255 e. The number of aromatic nitrogens is 1. The van der Waals surface area contributed by atoms with E-state index in [-0.39, 0.29) is 30.5 Å². The fourth-order valence-electron chi connectivity index (χ4n) is 4.10. The molecule has 2 aliphatic heterocycles. The molecule has 0 spiro atoms. The SMILES string of the molecule is O=C(c1ccc(NCC2CCCN2Cc2ccccc2)nc1)N1CCS(=O)(=O)CC1. The van der Waals surface area contributed by atoms with Gasteiger partial charge in [0.05, 0.1) is 17.1 Å². The summed E-state index contributed by atoms with van der Waals surface area (Å²) in [6.45, 7) is 3.38. The maximum atomic E-state index is 12.6. The molecule has 0 saturated carbocycles. The summed E-state index contributed by atoms with van der Waals surface area (Å²) in [5.41, 5.74) is 1.82. The minimum absolute atomic E-state index is 0.0344. The predicted octanol–water partition coefficient (Wildman–Crippen LogP) is 2.03. The Bertz CT molecular complexity index is 950. The third-order valence-corrected chi connectivity index (χ3v) is 7.50. The highest BCUT2D eigenvalue weighted by Gasteiger charge is 2.26. The number of hydrogen-bond donors (Lipinski definition) is 1. The monoisotopic (exact) mass is 428 g/mol. The largest absolute Gasteiger partial charge is 0.369 e. The molecular weight excluding hydrogens is 400 g/mol. The Morgan fingerprint density at radius 3 is 2.53 bits per heavy atom. The van der Waals surface area contributed by atoms with Crippen molar-refractivity contribution in [3.63, 3.8) is 0 Å². The minimum Gasteiger partial charge on any atom is -0.369 e. The van der Waals surface area contributed by atoms with Crippen LogP contribution in [0.4, 0.5) is 5.82 Å². The maximum absolute atomic E-state index is 12.6. The first-order chi connectivity index (χ1) is 14.5. The summed E-state index contributed by atoms with van der Waals surface area (Å²) in [5, 5.41) is 3.40. The van der Waals surface area contributed by atoms with Crippen LogP contribution >= 0.6 is 0 Å². The van der Waals surface area contributed by atoms with Crippen LogP contribution in [-0.4, -0.2) is 72.8 Å². The molecule has 1 aromatic heterocycles. The third kappa shape index (κ3) is 5.17. The van der Waals surface area contributed by atoms with Gasteiger partial charge in [0.15, 0.2) is 9.84 Å². The lowest BCUT2D eigenvalue weighted by Crippen LogP contribution is -2.43. The van der Waals surface area contributed by atoms with Crippen LogP contribution in [0.2, 0.25) is 0 Å². The van der Waals surface area contributed by atoms with E-state index in [4.69, 9.17) is 0 Å². The molecule has 1 unspecified atom stereocenters. The Hall–Kier alpha value is -2.45. The number of carbonyl (C=O) groups excluding carboxylic acids is 1. The van der Waals surface area contributed by atoms with E-state index in [9.17, 15) is 13.2 Å². The van der Waals surface area contributed by atoms with E-state index in [1.807, 2.05) is 12.1 Å². The van der Waals surface area contributed by atoms with Crippen LogP contribution in [0.25, 0.3) is 0 Å². The summed E-state index contributed by atoms with van der Waals surface area (Å²) in [7, 11) is -3.00. The second kappa shape index (κ2) is 9.14. The molecule has 4 rings (SSSR count). The van der Waals surface area contributed by atoms with E-state index in [0.29, 0.717) is 11.6 Å².